The minimum atomic E-state index is -0.444. The molecule has 0 unspecified atom stereocenters. The van der Waals surface area contributed by atoms with Gasteiger partial charge in [0.2, 0.25) is 0 Å². The molecule has 0 aliphatic heterocycles. The van der Waals surface area contributed by atoms with E-state index in [1.807, 2.05) is 50.2 Å². The Hall–Kier alpha value is -4.13. The Kier molecular flexibility index (Phi) is 7.91. The highest BCUT2D eigenvalue weighted by atomic mass is 16.6. The van der Waals surface area contributed by atoms with Crippen molar-refractivity contribution >= 4 is 17.9 Å². The fourth-order valence-electron chi connectivity index (χ4n) is 3.92. The summed E-state index contributed by atoms with van der Waals surface area (Å²) in [5.41, 5.74) is 4.39. The van der Waals surface area contributed by atoms with Crippen molar-refractivity contribution in [2.24, 2.45) is 0 Å². The zero-order chi connectivity index (χ0) is 25.7. The molecule has 0 spiro atoms. The summed E-state index contributed by atoms with van der Waals surface area (Å²) in [5.74, 6) is 0.258. The van der Waals surface area contributed by atoms with Gasteiger partial charge in [0.25, 0.3) is 0 Å². The molecule has 3 rings (SSSR count). The number of rotatable bonds is 7. The van der Waals surface area contributed by atoms with Gasteiger partial charge in [-0.25, -0.2) is 0 Å². The third-order valence-electron chi connectivity index (χ3n) is 5.35. The molecule has 7 nitrogen and oxygen atoms in total. The number of methoxy groups -OCH3 is 1. The van der Waals surface area contributed by atoms with E-state index in [0.29, 0.717) is 23.0 Å². The molecule has 182 valence electrons. The van der Waals surface area contributed by atoms with Crippen LogP contribution in [0.4, 0.5) is 0 Å². The Morgan fingerprint density at radius 1 is 0.571 bits per heavy atom. The summed E-state index contributed by atoms with van der Waals surface area (Å²) in [4.78, 5) is 34.4. The Morgan fingerprint density at radius 3 is 1.31 bits per heavy atom. The standard InChI is InChI=1S/C28H28O7/c1-16-13-21(7-10-24(16)33-18(3)29)28(22-8-11-25(17(2)14-22)34-19(4)30)23-9-12-26(35-20(5)31)27(15-23)32-6/h7-15,28H,1-6H3. The van der Waals surface area contributed by atoms with E-state index >= 15 is 0 Å². The highest BCUT2D eigenvalue weighted by Crippen LogP contribution is 2.39. The quantitative estimate of drug-likeness (QED) is 0.261. The van der Waals surface area contributed by atoms with Gasteiger partial charge in [-0.1, -0.05) is 30.3 Å². The maximum Gasteiger partial charge on any atom is 0.308 e. The van der Waals surface area contributed by atoms with Crippen LogP contribution >= 0.6 is 0 Å². The molecule has 0 saturated heterocycles. The molecule has 0 bridgehead atoms. The van der Waals surface area contributed by atoms with Crippen molar-refractivity contribution in [2.45, 2.75) is 40.5 Å². The largest absolute Gasteiger partial charge is 0.493 e. The van der Waals surface area contributed by atoms with Crippen LogP contribution in [-0.2, 0) is 14.4 Å². The van der Waals surface area contributed by atoms with E-state index in [0.717, 1.165) is 27.8 Å². The average molecular weight is 477 g/mol. The molecule has 0 aliphatic carbocycles. The summed E-state index contributed by atoms with van der Waals surface area (Å²) in [6.07, 6.45) is 0. The molecule has 0 atom stereocenters. The smallest absolute Gasteiger partial charge is 0.308 e. The molecule has 7 heteroatoms. The van der Waals surface area contributed by atoms with Crippen molar-refractivity contribution in [3.63, 3.8) is 0 Å². The summed E-state index contributed by atoms with van der Waals surface area (Å²) >= 11 is 0. The van der Waals surface area contributed by atoms with E-state index in [1.54, 1.807) is 18.2 Å². The summed E-state index contributed by atoms with van der Waals surface area (Å²) in [6, 6.07) is 16.7. The first kappa shape index (κ1) is 25.5. The number of benzene rings is 3. The zero-order valence-electron chi connectivity index (χ0n) is 20.6. The Labute approximate surface area is 204 Å². The molecule has 0 saturated carbocycles. The van der Waals surface area contributed by atoms with Crippen LogP contribution in [0.2, 0.25) is 0 Å². The molecule has 0 amide bonds. The highest BCUT2D eigenvalue weighted by Gasteiger charge is 2.22. The highest BCUT2D eigenvalue weighted by molar-refractivity contribution is 5.71. The van der Waals surface area contributed by atoms with Crippen molar-refractivity contribution in [3.05, 3.63) is 82.4 Å². The van der Waals surface area contributed by atoms with Gasteiger partial charge in [0.05, 0.1) is 7.11 Å². The first-order valence-electron chi connectivity index (χ1n) is 11.0. The summed E-state index contributed by atoms with van der Waals surface area (Å²) in [7, 11) is 1.51. The summed E-state index contributed by atoms with van der Waals surface area (Å²) in [6.45, 7) is 7.80. The predicted molar refractivity (Wildman–Crippen MR) is 130 cm³/mol. The lowest BCUT2D eigenvalue weighted by molar-refractivity contribution is -0.132. The first-order valence-corrected chi connectivity index (χ1v) is 11.0. The Balaban J connectivity index is 2.16. The molecule has 0 radical (unpaired) electrons. The third kappa shape index (κ3) is 6.26. The Morgan fingerprint density at radius 2 is 0.943 bits per heavy atom. The monoisotopic (exact) mass is 476 g/mol. The first-order chi connectivity index (χ1) is 16.6. The van der Waals surface area contributed by atoms with Gasteiger partial charge in [0.15, 0.2) is 11.5 Å². The van der Waals surface area contributed by atoms with Crippen molar-refractivity contribution in [2.75, 3.05) is 7.11 Å². The van der Waals surface area contributed by atoms with Crippen LogP contribution in [0.15, 0.2) is 54.6 Å². The molecule has 3 aromatic carbocycles. The maximum atomic E-state index is 11.5. The molecule has 35 heavy (non-hydrogen) atoms. The van der Waals surface area contributed by atoms with E-state index in [4.69, 9.17) is 18.9 Å². The van der Waals surface area contributed by atoms with Crippen LogP contribution in [0.1, 0.15) is 54.5 Å². The van der Waals surface area contributed by atoms with Gasteiger partial charge in [0, 0.05) is 26.7 Å². The van der Waals surface area contributed by atoms with Gasteiger partial charge in [-0.3, -0.25) is 14.4 Å². The normalized spacial score (nSPS) is 10.6. The van der Waals surface area contributed by atoms with E-state index < -0.39 is 5.97 Å². The fourth-order valence-corrected chi connectivity index (χ4v) is 3.92. The van der Waals surface area contributed by atoms with Crippen molar-refractivity contribution in [3.8, 4) is 23.0 Å². The zero-order valence-corrected chi connectivity index (χ0v) is 20.6. The lowest BCUT2D eigenvalue weighted by Crippen LogP contribution is -2.09. The van der Waals surface area contributed by atoms with Crippen LogP contribution in [0.25, 0.3) is 0 Å². The van der Waals surface area contributed by atoms with Gasteiger partial charge >= 0.3 is 17.9 Å². The molecule has 0 heterocycles. The van der Waals surface area contributed by atoms with Gasteiger partial charge in [-0.05, 0) is 65.9 Å². The molecule has 0 aliphatic rings. The number of carbonyl (C=O) groups is 3. The molecular weight excluding hydrogens is 448 g/mol. The second-order valence-corrected chi connectivity index (χ2v) is 8.17. The number of hydrogen-bond acceptors (Lipinski definition) is 7. The van der Waals surface area contributed by atoms with Crippen LogP contribution in [0.3, 0.4) is 0 Å². The fraction of sp³-hybridized carbons (Fsp3) is 0.250. The molecule has 0 aromatic heterocycles. The van der Waals surface area contributed by atoms with Gasteiger partial charge in [-0.15, -0.1) is 0 Å². The second kappa shape index (κ2) is 10.9. The van der Waals surface area contributed by atoms with Gasteiger partial charge in [-0.2, -0.15) is 0 Å². The van der Waals surface area contributed by atoms with Crippen molar-refractivity contribution in [1.82, 2.24) is 0 Å². The second-order valence-electron chi connectivity index (χ2n) is 8.17. The topological polar surface area (TPSA) is 88.1 Å². The van der Waals surface area contributed by atoms with Crippen LogP contribution < -0.4 is 18.9 Å². The third-order valence-corrected chi connectivity index (χ3v) is 5.35. The van der Waals surface area contributed by atoms with Crippen LogP contribution in [0, 0.1) is 13.8 Å². The number of hydrogen-bond donors (Lipinski definition) is 0. The SMILES string of the molecule is COc1cc(C(c2ccc(OC(C)=O)c(C)c2)c2ccc(OC(C)=O)c(C)c2)ccc1OC(C)=O. The molecule has 3 aromatic rings. The van der Waals surface area contributed by atoms with Crippen LogP contribution in [-0.4, -0.2) is 25.0 Å². The molecular formula is C28H28O7. The van der Waals surface area contributed by atoms with Gasteiger partial charge < -0.3 is 18.9 Å². The summed E-state index contributed by atoms with van der Waals surface area (Å²) in [5, 5.41) is 0. The summed E-state index contributed by atoms with van der Waals surface area (Å²) < 4.78 is 21.3. The van der Waals surface area contributed by atoms with E-state index in [-0.39, 0.29) is 17.9 Å². The maximum absolute atomic E-state index is 11.5. The van der Waals surface area contributed by atoms with E-state index in [2.05, 4.69) is 0 Å². The van der Waals surface area contributed by atoms with Crippen LogP contribution in [0.5, 0.6) is 23.0 Å². The average Bonchev–Trinajstić information content (AvgIpc) is 2.77. The van der Waals surface area contributed by atoms with E-state index in [9.17, 15) is 14.4 Å². The Bertz CT molecular complexity index is 1210. The minimum Gasteiger partial charge on any atom is -0.493 e. The molecule has 0 N–H and O–H groups in total. The lowest BCUT2D eigenvalue weighted by Gasteiger charge is -2.22. The number of carbonyl (C=O) groups excluding carboxylic acids is 3. The molecule has 0 fully saturated rings. The lowest BCUT2D eigenvalue weighted by atomic mass is 9.83. The predicted octanol–water partition coefficient (Wildman–Crippen LogP) is 5.27. The van der Waals surface area contributed by atoms with Crippen molar-refractivity contribution in [1.29, 1.82) is 0 Å². The minimum absolute atomic E-state index is 0.245. The number of aryl methyl sites for hydroxylation is 2. The van der Waals surface area contributed by atoms with Crippen molar-refractivity contribution < 1.29 is 33.3 Å². The number of ether oxygens (including phenoxy) is 4. The number of esters is 3. The van der Waals surface area contributed by atoms with E-state index in [1.165, 1.54) is 27.9 Å². The van der Waals surface area contributed by atoms with Gasteiger partial charge in [0.1, 0.15) is 11.5 Å².